The lowest BCUT2D eigenvalue weighted by Gasteiger charge is -2.38. The molecule has 4 nitrogen and oxygen atoms in total. The molecule has 1 N–H and O–H groups in total. The van der Waals surface area contributed by atoms with E-state index in [1.165, 1.54) is 4.90 Å². The lowest BCUT2D eigenvalue weighted by atomic mass is 9.78. The summed E-state index contributed by atoms with van der Waals surface area (Å²) in [5, 5.41) is 10.7. The van der Waals surface area contributed by atoms with E-state index in [1.807, 2.05) is 0 Å². The molecule has 1 aliphatic heterocycles. The Bertz CT molecular complexity index is 427. The van der Waals surface area contributed by atoms with Crippen LogP contribution in [0, 0.1) is 11.3 Å². The Kier molecular flexibility index (Phi) is 3.39. The molecule has 3 aliphatic rings. The summed E-state index contributed by atoms with van der Waals surface area (Å²) < 4.78 is 0. The molecule has 3 rings (SSSR count). The maximum Gasteiger partial charge on any atom is 0.236 e. The van der Waals surface area contributed by atoms with Crippen molar-refractivity contribution in [2.45, 2.75) is 70.3 Å². The first kappa shape index (κ1) is 14.1. The van der Waals surface area contributed by atoms with Crippen molar-refractivity contribution in [2.75, 3.05) is 6.54 Å². The van der Waals surface area contributed by atoms with E-state index >= 15 is 0 Å². The summed E-state index contributed by atoms with van der Waals surface area (Å²) in [5.74, 6) is 0.400. The molecule has 2 aliphatic carbocycles. The molecule has 0 bridgehead atoms. The minimum Gasteiger partial charge on any atom is -0.388 e. The average Bonchev–Trinajstić information content (AvgIpc) is 2.91. The summed E-state index contributed by atoms with van der Waals surface area (Å²) >= 11 is 0. The van der Waals surface area contributed by atoms with E-state index in [1.54, 1.807) is 0 Å². The van der Waals surface area contributed by atoms with Crippen LogP contribution >= 0.6 is 0 Å². The van der Waals surface area contributed by atoms with Gasteiger partial charge in [-0.3, -0.25) is 14.5 Å². The van der Waals surface area contributed by atoms with Crippen molar-refractivity contribution in [1.82, 2.24) is 4.90 Å². The van der Waals surface area contributed by atoms with Crippen LogP contribution in [-0.2, 0) is 9.59 Å². The Morgan fingerprint density at radius 3 is 2.55 bits per heavy atom. The maximum atomic E-state index is 12.6. The maximum absolute atomic E-state index is 12.6. The van der Waals surface area contributed by atoms with Crippen LogP contribution in [0.1, 0.15) is 64.7 Å². The van der Waals surface area contributed by atoms with Crippen LogP contribution in [0.2, 0.25) is 0 Å². The number of amides is 2. The van der Waals surface area contributed by atoms with E-state index in [2.05, 4.69) is 6.92 Å². The van der Waals surface area contributed by atoms with Crippen LogP contribution in [0.4, 0.5) is 0 Å². The predicted octanol–water partition coefficient (Wildman–Crippen LogP) is 2.25. The predicted molar refractivity (Wildman–Crippen MR) is 74.8 cm³/mol. The first-order valence-corrected chi connectivity index (χ1v) is 8.01. The zero-order chi connectivity index (χ0) is 14.4. The van der Waals surface area contributed by atoms with Gasteiger partial charge in [0.2, 0.25) is 11.8 Å². The Morgan fingerprint density at radius 1 is 1.20 bits per heavy atom. The Morgan fingerprint density at radius 2 is 1.90 bits per heavy atom. The summed E-state index contributed by atoms with van der Waals surface area (Å²) in [6.07, 6.45) is 7.71. The molecule has 3 fully saturated rings. The quantitative estimate of drug-likeness (QED) is 0.789. The number of likely N-dealkylation sites (tertiary alicyclic amines) is 1. The number of carbonyl (C=O) groups excluding carboxylic acids is 2. The molecule has 2 amide bonds. The van der Waals surface area contributed by atoms with Crippen molar-refractivity contribution in [3.8, 4) is 0 Å². The summed E-state index contributed by atoms with van der Waals surface area (Å²) in [7, 11) is 0. The lowest BCUT2D eigenvalue weighted by Crippen LogP contribution is -2.48. The van der Waals surface area contributed by atoms with Gasteiger partial charge in [0.25, 0.3) is 0 Å². The number of aliphatic hydroxyl groups is 1. The minimum absolute atomic E-state index is 0.00773. The van der Waals surface area contributed by atoms with Crippen LogP contribution < -0.4 is 0 Å². The summed E-state index contributed by atoms with van der Waals surface area (Å²) in [5.41, 5.74) is -1.26. The molecule has 4 heteroatoms. The number of hydrogen-bond donors (Lipinski definition) is 1. The van der Waals surface area contributed by atoms with Crippen LogP contribution in [0.5, 0.6) is 0 Å². The lowest BCUT2D eigenvalue weighted by molar-refractivity contribution is -0.147. The van der Waals surface area contributed by atoms with E-state index in [0.29, 0.717) is 25.2 Å². The molecule has 2 atom stereocenters. The first-order valence-electron chi connectivity index (χ1n) is 8.01. The van der Waals surface area contributed by atoms with Crippen molar-refractivity contribution in [1.29, 1.82) is 0 Å². The van der Waals surface area contributed by atoms with Gasteiger partial charge >= 0.3 is 0 Å². The number of nitrogens with zero attached hydrogens (tertiary/aromatic N) is 1. The fraction of sp³-hybridized carbons (Fsp3) is 0.875. The third-order valence-electron chi connectivity index (χ3n) is 5.57. The van der Waals surface area contributed by atoms with Gasteiger partial charge in [-0.1, -0.05) is 32.6 Å². The van der Waals surface area contributed by atoms with Crippen LogP contribution in [0.3, 0.4) is 0 Å². The molecular formula is C16H25NO3. The molecule has 1 saturated heterocycles. The molecule has 2 saturated carbocycles. The van der Waals surface area contributed by atoms with Gasteiger partial charge in [0.1, 0.15) is 0 Å². The zero-order valence-electron chi connectivity index (χ0n) is 12.4. The van der Waals surface area contributed by atoms with E-state index in [9.17, 15) is 14.7 Å². The largest absolute Gasteiger partial charge is 0.388 e. The smallest absolute Gasteiger partial charge is 0.236 e. The van der Waals surface area contributed by atoms with Crippen molar-refractivity contribution in [3.05, 3.63) is 0 Å². The Labute approximate surface area is 120 Å². The van der Waals surface area contributed by atoms with Crippen LogP contribution in [0.25, 0.3) is 0 Å². The molecule has 0 aromatic carbocycles. The highest BCUT2D eigenvalue weighted by molar-refractivity contribution is 6.06. The Hall–Kier alpha value is -0.900. The van der Waals surface area contributed by atoms with Gasteiger partial charge in [-0.2, -0.15) is 0 Å². The van der Waals surface area contributed by atoms with Crippen molar-refractivity contribution >= 4 is 11.8 Å². The van der Waals surface area contributed by atoms with Crippen molar-refractivity contribution in [2.24, 2.45) is 11.3 Å². The number of carbonyl (C=O) groups is 2. The molecule has 2 unspecified atom stereocenters. The fourth-order valence-electron chi connectivity index (χ4n) is 4.53. The zero-order valence-corrected chi connectivity index (χ0v) is 12.4. The number of hydrogen-bond acceptors (Lipinski definition) is 3. The summed E-state index contributed by atoms with van der Waals surface area (Å²) in [6, 6.07) is 0. The average molecular weight is 279 g/mol. The van der Waals surface area contributed by atoms with Gasteiger partial charge in [-0.05, 0) is 31.6 Å². The molecule has 0 radical (unpaired) electrons. The summed E-state index contributed by atoms with van der Waals surface area (Å²) in [6.45, 7) is 2.35. The summed E-state index contributed by atoms with van der Waals surface area (Å²) in [4.78, 5) is 26.2. The second-order valence-electron chi connectivity index (χ2n) is 7.38. The fourth-order valence-corrected chi connectivity index (χ4v) is 4.53. The number of β-amino-alcohol motifs (C(OH)–C–C–N with tert-alkyl or cyclic N) is 1. The van der Waals surface area contributed by atoms with Gasteiger partial charge in [-0.15, -0.1) is 0 Å². The van der Waals surface area contributed by atoms with E-state index in [-0.39, 0.29) is 18.4 Å². The molecule has 0 aromatic heterocycles. The SMILES string of the molecule is CC1CCCC(O)(CN2C(=O)CC3(CCCC3)C2=O)C1. The normalized spacial score (nSPS) is 37.1. The second-order valence-corrected chi connectivity index (χ2v) is 7.38. The molecule has 1 heterocycles. The molecule has 112 valence electrons. The Balaban J connectivity index is 1.74. The standard InChI is InChI=1S/C16H25NO3/c1-12-5-4-8-16(20,9-12)11-17-13(18)10-15(14(17)19)6-2-3-7-15/h12,20H,2-11H2,1H3. The van der Waals surface area contributed by atoms with E-state index < -0.39 is 11.0 Å². The molecule has 0 aromatic rings. The molecular weight excluding hydrogens is 254 g/mol. The molecule has 1 spiro atoms. The first-order chi connectivity index (χ1) is 9.44. The molecule has 20 heavy (non-hydrogen) atoms. The van der Waals surface area contributed by atoms with Crippen LogP contribution in [-0.4, -0.2) is 34.0 Å². The van der Waals surface area contributed by atoms with Gasteiger partial charge < -0.3 is 5.11 Å². The third kappa shape index (κ3) is 2.28. The van der Waals surface area contributed by atoms with Crippen molar-refractivity contribution in [3.63, 3.8) is 0 Å². The second kappa shape index (κ2) is 4.83. The van der Waals surface area contributed by atoms with Crippen LogP contribution in [0.15, 0.2) is 0 Å². The topological polar surface area (TPSA) is 57.6 Å². The highest BCUT2D eigenvalue weighted by Crippen LogP contribution is 2.47. The highest BCUT2D eigenvalue weighted by atomic mass is 16.3. The highest BCUT2D eigenvalue weighted by Gasteiger charge is 2.54. The third-order valence-corrected chi connectivity index (χ3v) is 5.57. The monoisotopic (exact) mass is 279 g/mol. The van der Waals surface area contributed by atoms with E-state index in [0.717, 1.165) is 38.5 Å². The van der Waals surface area contributed by atoms with E-state index in [4.69, 9.17) is 0 Å². The number of rotatable bonds is 2. The van der Waals surface area contributed by atoms with Gasteiger partial charge in [-0.25, -0.2) is 0 Å². The number of imide groups is 1. The van der Waals surface area contributed by atoms with Crippen molar-refractivity contribution < 1.29 is 14.7 Å². The minimum atomic E-state index is -0.854. The van der Waals surface area contributed by atoms with Gasteiger partial charge in [0.15, 0.2) is 0 Å². The van der Waals surface area contributed by atoms with Gasteiger partial charge in [0, 0.05) is 6.42 Å². The van der Waals surface area contributed by atoms with Gasteiger partial charge in [0.05, 0.1) is 17.6 Å².